The van der Waals surface area contributed by atoms with Crippen LogP contribution in [0.1, 0.15) is 26.4 Å². The largest absolute Gasteiger partial charge is 0.304 e. The van der Waals surface area contributed by atoms with Gasteiger partial charge in [-0.25, -0.2) is 0 Å². The molecule has 0 unspecified atom stereocenters. The average Bonchev–Trinajstić information content (AvgIpc) is 2.65. The average molecular weight is 320 g/mol. The van der Waals surface area contributed by atoms with E-state index in [2.05, 4.69) is 86.6 Å². The van der Waals surface area contributed by atoms with Gasteiger partial charge in [0.05, 0.1) is 0 Å². The van der Waals surface area contributed by atoms with Crippen LogP contribution in [0.2, 0.25) is 0 Å². The SMILES string of the molecule is CC=O.CCc1ccccc1.Cc1ccc(-c2ccccc2)cc1.[HH]. The van der Waals surface area contributed by atoms with E-state index in [1.807, 2.05) is 12.1 Å². The molecule has 3 aromatic carbocycles. The molecule has 0 aliphatic carbocycles. The van der Waals surface area contributed by atoms with Crippen molar-refractivity contribution in [1.29, 1.82) is 0 Å². The lowest BCUT2D eigenvalue weighted by Crippen LogP contribution is -1.76. The van der Waals surface area contributed by atoms with E-state index in [1.54, 1.807) is 0 Å². The van der Waals surface area contributed by atoms with Gasteiger partial charge in [0.25, 0.3) is 0 Å². The zero-order valence-electron chi connectivity index (χ0n) is 14.8. The molecule has 0 saturated heterocycles. The molecular formula is C23H28O. The predicted octanol–water partition coefficient (Wildman–Crippen LogP) is 6.36. The summed E-state index contributed by atoms with van der Waals surface area (Å²) in [6.45, 7) is 5.71. The predicted molar refractivity (Wildman–Crippen MR) is 106 cm³/mol. The van der Waals surface area contributed by atoms with E-state index >= 15 is 0 Å². The Bertz CT molecular complexity index is 676. The molecule has 0 spiro atoms. The van der Waals surface area contributed by atoms with Crippen LogP contribution in [0.25, 0.3) is 11.1 Å². The van der Waals surface area contributed by atoms with Gasteiger partial charge in [0, 0.05) is 1.43 Å². The zero-order chi connectivity index (χ0) is 17.6. The fourth-order valence-corrected chi connectivity index (χ4v) is 2.09. The molecule has 0 aromatic heterocycles. The number of aryl methyl sites for hydroxylation is 2. The van der Waals surface area contributed by atoms with Crippen LogP contribution < -0.4 is 0 Å². The molecule has 0 bridgehead atoms. The van der Waals surface area contributed by atoms with Crippen molar-refractivity contribution in [3.63, 3.8) is 0 Å². The van der Waals surface area contributed by atoms with Crippen molar-refractivity contribution in [3.8, 4) is 11.1 Å². The molecule has 3 aromatic rings. The van der Waals surface area contributed by atoms with Gasteiger partial charge in [-0.15, -0.1) is 0 Å². The van der Waals surface area contributed by atoms with Crippen LogP contribution in [0.4, 0.5) is 0 Å². The summed E-state index contributed by atoms with van der Waals surface area (Å²) >= 11 is 0. The monoisotopic (exact) mass is 320 g/mol. The van der Waals surface area contributed by atoms with Gasteiger partial charge in [-0.1, -0.05) is 97.4 Å². The van der Waals surface area contributed by atoms with Crippen molar-refractivity contribution >= 4 is 6.29 Å². The molecule has 0 radical (unpaired) electrons. The molecular weight excluding hydrogens is 292 g/mol. The van der Waals surface area contributed by atoms with Crippen molar-refractivity contribution in [3.05, 3.63) is 96.1 Å². The Kier molecular flexibility index (Phi) is 9.56. The number of carbonyl (C=O) groups is 1. The fourth-order valence-electron chi connectivity index (χ4n) is 2.09. The van der Waals surface area contributed by atoms with Gasteiger partial charge in [-0.05, 0) is 37.0 Å². The molecule has 0 atom stereocenters. The normalized spacial score (nSPS) is 8.96. The van der Waals surface area contributed by atoms with Crippen LogP contribution in [-0.4, -0.2) is 6.29 Å². The third-order valence-corrected chi connectivity index (χ3v) is 3.41. The van der Waals surface area contributed by atoms with E-state index < -0.39 is 0 Å². The van der Waals surface area contributed by atoms with E-state index in [4.69, 9.17) is 4.79 Å². The molecule has 0 aliphatic rings. The van der Waals surface area contributed by atoms with Gasteiger partial charge in [-0.3, -0.25) is 0 Å². The molecule has 0 amide bonds. The maximum absolute atomic E-state index is 8.81. The number of hydrogen-bond acceptors (Lipinski definition) is 1. The third-order valence-electron chi connectivity index (χ3n) is 3.41. The summed E-state index contributed by atoms with van der Waals surface area (Å²) in [6, 6.07) is 29.5. The van der Waals surface area contributed by atoms with Crippen molar-refractivity contribution in [2.45, 2.75) is 27.2 Å². The number of benzene rings is 3. The van der Waals surface area contributed by atoms with Gasteiger partial charge in [-0.2, -0.15) is 0 Å². The maximum Gasteiger partial charge on any atom is 0.116 e. The quantitative estimate of drug-likeness (QED) is 0.502. The van der Waals surface area contributed by atoms with Crippen LogP contribution in [0.3, 0.4) is 0 Å². The highest BCUT2D eigenvalue weighted by Gasteiger charge is 1.93. The Morgan fingerprint density at radius 2 is 1.17 bits per heavy atom. The van der Waals surface area contributed by atoms with Crippen molar-refractivity contribution < 1.29 is 6.22 Å². The lowest BCUT2D eigenvalue weighted by Gasteiger charge is -2.00. The Hall–Kier alpha value is -2.67. The van der Waals surface area contributed by atoms with E-state index in [-0.39, 0.29) is 1.43 Å². The molecule has 0 aliphatic heterocycles. The first-order valence-corrected chi connectivity index (χ1v) is 8.27. The van der Waals surface area contributed by atoms with Gasteiger partial charge >= 0.3 is 0 Å². The first-order valence-electron chi connectivity index (χ1n) is 8.27. The highest BCUT2D eigenvalue weighted by atomic mass is 16.1. The highest BCUT2D eigenvalue weighted by molar-refractivity contribution is 5.63. The van der Waals surface area contributed by atoms with Crippen molar-refractivity contribution in [2.75, 3.05) is 0 Å². The second-order valence-electron chi connectivity index (χ2n) is 5.31. The Labute approximate surface area is 147 Å². The number of aldehydes is 1. The molecule has 1 nitrogen and oxygen atoms in total. The van der Waals surface area contributed by atoms with Crippen LogP contribution in [0.5, 0.6) is 0 Å². The van der Waals surface area contributed by atoms with E-state index in [0.29, 0.717) is 0 Å². The smallest absolute Gasteiger partial charge is 0.116 e. The summed E-state index contributed by atoms with van der Waals surface area (Å²) in [5, 5.41) is 0. The van der Waals surface area contributed by atoms with Crippen molar-refractivity contribution in [2.24, 2.45) is 0 Å². The second kappa shape index (κ2) is 11.8. The summed E-state index contributed by atoms with van der Waals surface area (Å²) < 4.78 is 0. The van der Waals surface area contributed by atoms with Gasteiger partial charge in [0.2, 0.25) is 0 Å². The Morgan fingerprint density at radius 1 is 0.750 bits per heavy atom. The van der Waals surface area contributed by atoms with E-state index in [9.17, 15) is 0 Å². The zero-order valence-corrected chi connectivity index (χ0v) is 14.8. The van der Waals surface area contributed by atoms with Crippen LogP contribution >= 0.6 is 0 Å². The lowest BCUT2D eigenvalue weighted by molar-refractivity contribution is -0.106. The fraction of sp³-hybridized carbons (Fsp3) is 0.174. The van der Waals surface area contributed by atoms with E-state index in [1.165, 1.54) is 29.2 Å². The molecule has 0 heterocycles. The Morgan fingerprint density at radius 3 is 1.58 bits per heavy atom. The van der Waals surface area contributed by atoms with Crippen LogP contribution in [-0.2, 0) is 11.2 Å². The molecule has 126 valence electrons. The van der Waals surface area contributed by atoms with Gasteiger partial charge in [0.1, 0.15) is 6.29 Å². The maximum atomic E-state index is 8.81. The second-order valence-corrected chi connectivity index (χ2v) is 5.31. The third kappa shape index (κ3) is 7.55. The van der Waals surface area contributed by atoms with Gasteiger partial charge in [0.15, 0.2) is 0 Å². The standard InChI is InChI=1S/C13H12.C8H10.C2H4O.H2/c1-11-7-9-13(10-8-11)12-5-3-2-4-6-12;1-2-8-6-4-3-5-7-8;1-2-3;/h2-10H,1H3;3-7H,2H2,1H3;2H,1H3;1H. The summed E-state index contributed by atoms with van der Waals surface area (Å²) in [6.07, 6.45) is 1.89. The summed E-state index contributed by atoms with van der Waals surface area (Å²) in [5.74, 6) is 0. The first-order chi connectivity index (χ1) is 11.7. The number of hydrogen-bond donors (Lipinski definition) is 0. The molecule has 0 N–H and O–H groups in total. The minimum atomic E-state index is 0. The lowest BCUT2D eigenvalue weighted by atomic mass is 10.0. The van der Waals surface area contributed by atoms with Gasteiger partial charge < -0.3 is 4.79 Å². The summed E-state index contributed by atoms with van der Waals surface area (Å²) in [4.78, 5) is 8.81. The van der Waals surface area contributed by atoms with Crippen molar-refractivity contribution in [1.82, 2.24) is 0 Å². The number of rotatable bonds is 2. The van der Waals surface area contributed by atoms with Crippen LogP contribution in [0.15, 0.2) is 84.9 Å². The van der Waals surface area contributed by atoms with Crippen LogP contribution in [0, 0.1) is 6.92 Å². The minimum absolute atomic E-state index is 0. The molecule has 1 heteroatoms. The Balaban J connectivity index is 0.000000415. The molecule has 0 fully saturated rings. The first kappa shape index (κ1) is 19.4. The topological polar surface area (TPSA) is 17.1 Å². The highest BCUT2D eigenvalue weighted by Crippen LogP contribution is 2.18. The summed E-state index contributed by atoms with van der Waals surface area (Å²) in [7, 11) is 0. The number of carbonyl (C=O) groups excluding carboxylic acids is 1. The summed E-state index contributed by atoms with van der Waals surface area (Å²) in [5.41, 5.74) is 5.28. The molecule has 24 heavy (non-hydrogen) atoms. The van der Waals surface area contributed by atoms with E-state index in [0.717, 1.165) is 12.7 Å². The molecule has 3 rings (SSSR count). The molecule has 0 saturated carbocycles. The minimum Gasteiger partial charge on any atom is -0.304 e.